The first kappa shape index (κ1) is 13.5. The van der Waals surface area contributed by atoms with Crippen LogP contribution in [0.3, 0.4) is 0 Å². The van der Waals surface area contributed by atoms with Gasteiger partial charge in [-0.15, -0.1) is 0 Å². The van der Waals surface area contributed by atoms with E-state index >= 15 is 0 Å². The predicted molar refractivity (Wildman–Crippen MR) is 66.0 cm³/mol. The molecule has 0 spiro atoms. The number of aromatic amines is 1. The maximum Gasteiger partial charge on any atom is 0.329 e. The minimum absolute atomic E-state index is 0.0971. The number of rotatable bonds is 4. The third kappa shape index (κ3) is 2.60. The van der Waals surface area contributed by atoms with Gasteiger partial charge in [0, 0.05) is 5.69 Å². The highest BCUT2D eigenvalue weighted by atomic mass is 16.5. The lowest BCUT2D eigenvalue weighted by atomic mass is 9.95. The second-order valence-corrected chi connectivity index (χ2v) is 5.10. The SMILES string of the molecule is Cc1n[nH]c(C)c1C(=O)N1CC(C)(OCC(=O)O)C1. The largest absolute Gasteiger partial charge is 0.480 e. The molecule has 19 heavy (non-hydrogen) atoms. The number of nitrogens with zero attached hydrogens (tertiary/aromatic N) is 2. The van der Waals surface area contributed by atoms with Gasteiger partial charge in [-0.3, -0.25) is 9.89 Å². The molecule has 2 heterocycles. The number of nitrogens with one attached hydrogen (secondary N) is 1. The van der Waals surface area contributed by atoms with Crippen molar-refractivity contribution >= 4 is 11.9 Å². The van der Waals surface area contributed by atoms with E-state index in [1.54, 1.807) is 25.7 Å². The van der Waals surface area contributed by atoms with Crippen LogP contribution in [0.25, 0.3) is 0 Å². The molecule has 0 unspecified atom stereocenters. The van der Waals surface area contributed by atoms with Gasteiger partial charge in [-0.2, -0.15) is 5.10 Å². The van der Waals surface area contributed by atoms with Crippen LogP contribution in [0.1, 0.15) is 28.7 Å². The van der Waals surface area contributed by atoms with Crippen LogP contribution < -0.4 is 0 Å². The van der Waals surface area contributed by atoms with Crippen molar-refractivity contribution in [2.45, 2.75) is 26.4 Å². The summed E-state index contributed by atoms with van der Waals surface area (Å²) in [5.74, 6) is -1.10. The molecule has 104 valence electrons. The summed E-state index contributed by atoms with van der Waals surface area (Å²) >= 11 is 0. The molecule has 7 heteroatoms. The van der Waals surface area contributed by atoms with Crippen molar-refractivity contribution in [3.8, 4) is 0 Å². The van der Waals surface area contributed by atoms with Crippen molar-refractivity contribution in [2.75, 3.05) is 19.7 Å². The molecule has 2 N–H and O–H groups in total. The van der Waals surface area contributed by atoms with Gasteiger partial charge in [0.15, 0.2) is 0 Å². The Morgan fingerprint density at radius 1 is 1.47 bits per heavy atom. The first-order valence-corrected chi connectivity index (χ1v) is 5.99. The minimum Gasteiger partial charge on any atom is -0.480 e. The number of ether oxygens (including phenoxy) is 1. The zero-order chi connectivity index (χ0) is 14.2. The molecule has 0 atom stereocenters. The number of aliphatic carboxylic acids is 1. The van der Waals surface area contributed by atoms with Gasteiger partial charge in [0.1, 0.15) is 12.2 Å². The number of carbonyl (C=O) groups is 2. The van der Waals surface area contributed by atoms with Gasteiger partial charge < -0.3 is 14.7 Å². The summed E-state index contributed by atoms with van der Waals surface area (Å²) in [7, 11) is 0. The van der Waals surface area contributed by atoms with Crippen molar-refractivity contribution in [1.82, 2.24) is 15.1 Å². The molecule has 1 aliphatic rings. The first-order chi connectivity index (χ1) is 8.82. The lowest BCUT2D eigenvalue weighted by molar-refractivity contribution is -0.159. The summed E-state index contributed by atoms with van der Waals surface area (Å²) in [5.41, 5.74) is 1.42. The number of likely N-dealkylation sites (tertiary alicyclic amines) is 1. The van der Waals surface area contributed by atoms with Gasteiger partial charge in [0.05, 0.1) is 24.3 Å². The van der Waals surface area contributed by atoms with Crippen molar-refractivity contribution in [1.29, 1.82) is 0 Å². The second-order valence-electron chi connectivity index (χ2n) is 5.10. The fourth-order valence-corrected chi connectivity index (χ4v) is 2.26. The summed E-state index contributed by atoms with van der Waals surface area (Å²) in [6.45, 7) is 5.81. The maximum absolute atomic E-state index is 12.2. The number of carboxylic acids is 1. The Morgan fingerprint density at radius 2 is 2.11 bits per heavy atom. The Kier molecular flexibility index (Phi) is 3.32. The van der Waals surface area contributed by atoms with E-state index in [0.717, 1.165) is 5.69 Å². The van der Waals surface area contributed by atoms with Gasteiger partial charge in [-0.25, -0.2) is 4.79 Å². The number of aromatic nitrogens is 2. The van der Waals surface area contributed by atoms with Crippen LogP contribution in [0, 0.1) is 13.8 Å². The molecule has 1 saturated heterocycles. The standard InChI is InChI=1S/C12H17N3O4/c1-7-10(8(2)14-13-7)11(18)15-5-12(3,6-15)19-4-9(16)17/h4-6H2,1-3H3,(H,13,14)(H,16,17). The molecule has 7 nitrogen and oxygen atoms in total. The maximum atomic E-state index is 12.2. The molecule has 2 rings (SSSR count). The summed E-state index contributed by atoms with van der Waals surface area (Å²) < 4.78 is 5.27. The predicted octanol–water partition coefficient (Wildman–Crippen LogP) is 0.342. The third-order valence-electron chi connectivity index (χ3n) is 3.22. The third-order valence-corrected chi connectivity index (χ3v) is 3.22. The highest BCUT2D eigenvalue weighted by molar-refractivity contribution is 5.97. The van der Waals surface area contributed by atoms with E-state index in [9.17, 15) is 9.59 Å². The smallest absolute Gasteiger partial charge is 0.329 e. The Labute approximate surface area is 110 Å². The molecule has 0 aromatic carbocycles. The van der Waals surface area contributed by atoms with Gasteiger partial charge >= 0.3 is 5.97 Å². The molecule has 1 aromatic heterocycles. The van der Waals surface area contributed by atoms with Crippen LogP contribution in [0.5, 0.6) is 0 Å². The van der Waals surface area contributed by atoms with E-state index in [0.29, 0.717) is 24.3 Å². The summed E-state index contributed by atoms with van der Waals surface area (Å²) in [6.07, 6.45) is 0. The van der Waals surface area contributed by atoms with E-state index in [4.69, 9.17) is 9.84 Å². The molecule has 1 amide bonds. The fourth-order valence-electron chi connectivity index (χ4n) is 2.26. The van der Waals surface area contributed by atoms with Crippen LogP contribution in [0.4, 0.5) is 0 Å². The Balaban J connectivity index is 1.97. The monoisotopic (exact) mass is 267 g/mol. The number of carboxylic acid groups (broad SMARTS) is 1. The van der Waals surface area contributed by atoms with Crippen LogP contribution in [0.15, 0.2) is 0 Å². The average molecular weight is 267 g/mol. The molecule has 0 saturated carbocycles. The van der Waals surface area contributed by atoms with Gasteiger partial charge in [-0.1, -0.05) is 0 Å². The van der Waals surface area contributed by atoms with Crippen LogP contribution in [0.2, 0.25) is 0 Å². The van der Waals surface area contributed by atoms with Gasteiger partial charge in [0.25, 0.3) is 5.91 Å². The Morgan fingerprint density at radius 3 is 2.58 bits per heavy atom. The van der Waals surface area contributed by atoms with Crippen LogP contribution in [-0.2, 0) is 9.53 Å². The van der Waals surface area contributed by atoms with Gasteiger partial charge in [0.2, 0.25) is 0 Å². The Hall–Kier alpha value is -1.89. The molecule has 0 radical (unpaired) electrons. The number of carbonyl (C=O) groups excluding carboxylic acids is 1. The lowest BCUT2D eigenvalue weighted by Crippen LogP contribution is -2.63. The highest BCUT2D eigenvalue weighted by Crippen LogP contribution is 2.27. The van der Waals surface area contributed by atoms with Gasteiger partial charge in [-0.05, 0) is 20.8 Å². The van der Waals surface area contributed by atoms with Crippen molar-refractivity contribution in [2.24, 2.45) is 0 Å². The van der Waals surface area contributed by atoms with E-state index in [1.807, 2.05) is 0 Å². The van der Waals surface area contributed by atoms with E-state index in [1.165, 1.54) is 0 Å². The fraction of sp³-hybridized carbons (Fsp3) is 0.583. The van der Waals surface area contributed by atoms with Crippen molar-refractivity contribution in [3.63, 3.8) is 0 Å². The van der Waals surface area contributed by atoms with Crippen LogP contribution in [-0.4, -0.2) is 57.4 Å². The van der Waals surface area contributed by atoms with Crippen LogP contribution >= 0.6 is 0 Å². The number of aryl methyl sites for hydroxylation is 2. The number of amides is 1. The number of hydrogen-bond donors (Lipinski definition) is 2. The summed E-state index contributed by atoms with van der Waals surface area (Å²) in [4.78, 5) is 24.3. The molecule has 0 bridgehead atoms. The highest BCUT2D eigenvalue weighted by Gasteiger charge is 2.43. The molecular formula is C12H17N3O4. The average Bonchev–Trinajstić information content (AvgIpc) is 2.62. The molecular weight excluding hydrogens is 250 g/mol. The minimum atomic E-state index is -1.01. The Bertz CT molecular complexity index is 498. The topological polar surface area (TPSA) is 95.5 Å². The molecule has 1 fully saturated rings. The summed E-state index contributed by atoms with van der Waals surface area (Å²) in [5, 5.41) is 15.3. The first-order valence-electron chi connectivity index (χ1n) is 5.99. The van der Waals surface area contributed by atoms with E-state index in [2.05, 4.69) is 10.2 Å². The zero-order valence-corrected chi connectivity index (χ0v) is 11.2. The second kappa shape index (κ2) is 4.65. The molecule has 1 aromatic rings. The molecule has 0 aliphatic carbocycles. The summed E-state index contributed by atoms with van der Waals surface area (Å²) in [6, 6.07) is 0. The zero-order valence-electron chi connectivity index (χ0n) is 11.2. The van der Waals surface area contributed by atoms with Crippen molar-refractivity contribution in [3.05, 3.63) is 17.0 Å². The molecule has 1 aliphatic heterocycles. The normalized spacial score (nSPS) is 17.1. The van der Waals surface area contributed by atoms with E-state index in [-0.39, 0.29) is 12.5 Å². The van der Waals surface area contributed by atoms with Crippen molar-refractivity contribution < 1.29 is 19.4 Å². The van der Waals surface area contributed by atoms with E-state index < -0.39 is 11.6 Å². The lowest BCUT2D eigenvalue weighted by Gasteiger charge is -2.47. The number of H-pyrrole nitrogens is 1. The quantitative estimate of drug-likeness (QED) is 0.820. The number of hydrogen-bond acceptors (Lipinski definition) is 4.